The van der Waals surface area contributed by atoms with Gasteiger partial charge in [0, 0.05) is 12.7 Å². The van der Waals surface area contributed by atoms with Crippen LogP contribution in [0.4, 0.5) is 0 Å². The van der Waals surface area contributed by atoms with Crippen LogP contribution in [0.2, 0.25) is 0 Å². The SMILES string of the molecule is C.c1cnc2c(c1)CCNC2. The topological polar surface area (TPSA) is 24.9 Å². The van der Waals surface area contributed by atoms with Gasteiger partial charge in [-0.2, -0.15) is 0 Å². The first-order valence-corrected chi connectivity index (χ1v) is 3.60. The quantitative estimate of drug-likeness (QED) is 0.604. The summed E-state index contributed by atoms with van der Waals surface area (Å²) in [5.74, 6) is 0. The smallest absolute Gasteiger partial charge is 0.0574 e. The molecule has 0 amide bonds. The van der Waals surface area contributed by atoms with Gasteiger partial charge in [0.1, 0.15) is 0 Å². The highest BCUT2D eigenvalue weighted by atomic mass is 14.9. The molecule has 11 heavy (non-hydrogen) atoms. The highest BCUT2D eigenvalue weighted by molar-refractivity contribution is 5.21. The molecule has 0 unspecified atom stereocenters. The molecular weight excluding hydrogens is 136 g/mol. The lowest BCUT2D eigenvalue weighted by Crippen LogP contribution is -2.24. The minimum atomic E-state index is 0. The van der Waals surface area contributed by atoms with Crippen LogP contribution in [0.3, 0.4) is 0 Å². The van der Waals surface area contributed by atoms with Crippen LogP contribution in [0.5, 0.6) is 0 Å². The van der Waals surface area contributed by atoms with Gasteiger partial charge in [-0.15, -0.1) is 0 Å². The van der Waals surface area contributed by atoms with Gasteiger partial charge in [-0.05, 0) is 24.6 Å². The molecule has 0 bridgehead atoms. The lowest BCUT2D eigenvalue weighted by molar-refractivity contribution is 0.627. The van der Waals surface area contributed by atoms with Crippen LogP contribution in [0.1, 0.15) is 18.7 Å². The van der Waals surface area contributed by atoms with Gasteiger partial charge < -0.3 is 5.32 Å². The van der Waals surface area contributed by atoms with Gasteiger partial charge in [-0.25, -0.2) is 0 Å². The normalized spacial score (nSPS) is 14.9. The van der Waals surface area contributed by atoms with E-state index in [0.29, 0.717) is 0 Å². The van der Waals surface area contributed by atoms with Gasteiger partial charge in [0.2, 0.25) is 0 Å². The fourth-order valence-electron chi connectivity index (χ4n) is 1.29. The van der Waals surface area contributed by atoms with Crippen LogP contribution in [-0.2, 0) is 13.0 Å². The minimum Gasteiger partial charge on any atom is -0.311 e. The van der Waals surface area contributed by atoms with E-state index in [1.807, 2.05) is 12.3 Å². The second-order valence-corrected chi connectivity index (χ2v) is 2.54. The zero-order chi connectivity index (χ0) is 6.81. The van der Waals surface area contributed by atoms with Crippen molar-refractivity contribution in [2.45, 2.75) is 20.4 Å². The Balaban J connectivity index is 0.000000605. The largest absolute Gasteiger partial charge is 0.311 e. The second kappa shape index (κ2) is 3.49. The van der Waals surface area contributed by atoms with Gasteiger partial charge in [-0.1, -0.05) is 13.5 Å². The Bertz CT molecular complexity index is 208. The molecule has 1 aromatic heterocycles. The van der Waals surface area contributed by atoms with Gasteiger partial charge in [0.05, 0.1) is 5.69 Å². The van der Waals surface area contributed by atoms with E-state index in [9.17, 15) is 0 Å². The van der Waals surface area contributed by atoms with E-state index in [0.717, 1.165) is 19.5 Å². The highest BCUT2D eigenvalue weighted by Crippen LogP contribution is 2.08. The third kappa shape index (κ3) is 1.57. The summed E-state index contributed by atoms with van der Waals surface area (Å²) in [7, 11) is 0. The van der Waals surface area contributed by atoms with Crippen molar-refractivity contribution in [2.24, 2.45) is 0 Å². The maximum absolute atomic E-state index is 4.26. The number of nitrogens with one attached hydrogen (secondary N) is 1. The van der Waals surface area contributed by atoms with Crippen molar-refractivity contribution in [3.05, 3.63) is 29.6 Å². The number of hydrogen-bond donors (Lipinski definition) is 1. The Labute approximate surface area is 67.7 Å². The average Bonchev–Trinajstić information content (AvgIpc) is 2.05. The molecule has 60 valence electrons. The molecule has 2 heteroatoms. The Morgan fingerprint density at radius 2 is 2.36 bits per heavy atom. The predicted molar refractivity (Wildman–Crippen MR) is 46.4 cm³/mol. The maximum atomic E-state index is 4.26. The van der Waals surface area contributed by atoms with Crippen LogP contribution in [0.25, 0.3) is 0 Å². The second-order valence-electron chi connectivity index (χ2n) is 2.54. The van der Waals surface area contributed by atoms with Crippen molar-refractivity contribution in [1.29, 1.82) is 0 Å². The first-order chi connectivity index (χ1) is 4.97. The lowest BCUT2D eigenvalue weighted by Gasteiger charge is -2.14. The first kappa shape index (κ1) is 8.21. The van der Waals surface area contributed by atoms with Crippen molar-refractivity contribution in [1.82, 2.24) is 10.3 Å². The van der Waals surface area contributed by atoms with E-state index >= 15 is 0 Å². The Kier molecular flexibility index (Phi) is 2.60. The van der Waals surface area contributed by atoms with Crippen LogP contribution in [-0.4, -0.2) is 11.5 Å². The van der Waals surface area contributed by atoms with Crippen molar-refractivity contribution in [2.75, 3.05) is 6.54 Å². The number of rotatable bonds is 0. The monoisotopic (exact) mass is 150 g/mol. The summed E-state index contributed by atoms with van der Waals surface area (Å²) in [5.41, 5.74) is 2.62. The van der Waals surface area contributed by atoms with Crippen LogP contribution in [0.15, 0.2) is 18.3 Å². The van der Waals surface area contributed by atoms with Gasteiger partial charge in [0.15, 0.2) is 0 Å². The molecule has 0 atom stereocenters. The van der Waals surface area contributed by atoms with Crippen LogP contribution in [0, 0.1) is 0 Å². The Morgan fingerprint density at radius 3 is 3.18 bits per heavy atom. The average molecular weight is 150 g/mol. The number of pyridine rings is 1. The summed E-state index contributed by atoms with van der Waals surface area (Å²) in [6.07, 6.45) is 2.98. The van der Waals surface area contributed by atoms with E-state index < -0.39 is 0 Å². The molecule has 1 N–H and O–H groups in total. The number of nitrogens with zero attached hydrogens (tertiary/aromatic N) is 1. The van der Waals surface area contributed by atoms with E-state index in [1.54, 1.807) is 0 Å². The zero-order valence-electron chi connectivity index (χ0n) is 5.80. The standard InChI is InChI=1S/C8H10N2.CH4/c1-2-7-3-5-9-6-8(7)10-4-1;/h1-2,4,9H,3,5-6H2;1H4. The van der Waals surface area contributed by atoms with Crippen molar-refractivity contribution in [3.63, 3.8) is 0 Å². The molecule has 0 saturated heterocycles. The molecule has 2 heterocycles. The van der Waals surface area contributed by atoms with Crippen LogP contribution < -0.4 is 5.32 Å². The maximum Gasteiger partial charge on any atom is 0.0574 e. The summed E-state index contributed by atoms with van der Waals surface area (Å²) >= 11 is 0. The summed E-state index contributed by atoms with van der Waals surface area (Å²) < 4.78 is 0. The van der Waals surface area contributed by atoms with E-state index in [2.05, 4.69) is 16.4 Å². The first-order valence-electron chi connectivity index (χ1n) is 3.60. The number of aromatic nitrogens is 1. The number of hydrogen-bond acceptors (Lipinski definition) is 2. The molecular formula is C9H14N2. The lowest BCUT2D eigenvalue weighted by atomic mass is 10.1. The summed E-state index contributed by atoms with van der Waals surface area (Å²) in [5, 5.41) is 3.28. The zero-order valence-corrected chi connectivity index (χ0v) is 5.80. The molecule has 0 saturated carbocycles. The molecule has 1 aromatic rings. The molecule has 2 rings (SSSR count). The molecule has 0 radical (unpaired) electrons. The van der Waals surface area contributed by atoms with E-state index in [-0.39, 0.29) is 7.43 Å². The van der Waals surface area contributed by atoms with E-state index in [1.165, 1.54) is 11.3 Å². The summed E-state index contributed by atoms with van der Waals surface area (Å²) in [6.45, 7) is 2.04. The third-order valence-electron chi connectivity index (χ3n) is 1.85. The molecule has 0 aromatic carbocycles. The van der Waals surface area contributed by atoms with Crippen LogP contribution >= 0.6 is 0 Å². The van der Waals surface area contributed by atoms with Gasteiger partial charge in [-0.3, -0.25) is 4.98 Å². The summed E-state index contributed by atoms with van der Waals surface area (Å²) in [6, 6.07) is 4.16. The van der Waals surface area contributed by atoms with E-state index in [4.69, 9.17) is 0 Å². The van der Waals surface area contributed by atoms with Crippen molar-refractivity contribution in [3.8, 4) is 0 Å². The molecule has 0 fully saturated rings. The molecule has 0 spiro atoms. The van der Waals surface area contributed by atoms with Crippen molar-refractivity contribution >= 4 is 0 Å². The predicted octanol–water partition coefficient (Wildman–Crippen LogP) is 1.36. The minimum absolute atomic E-state index is 0. The van der Waals surface area contributed by atoms with Crippen molar-refractivity contribution < 1.29 is 0 Å². The fourth-order valence-corrected chi connectivity index (χ4v) is 1.29. The van der Waals surface area contributed by atoms with Gasteiger partial charge >= 0.3 is 0 Å². The highest BCUT2D eigenvalue weighted by Gasteiger charge is 2.06. The molecule has 1 aliphatic rings. The third-order valence-corrected chi connectivity index (χ3v) is 1.85. The molecule has 2 nitrogen and oxygen atoms in total. The molecule has 0 aliphatic carbocycles. The number of fused-ring (bicyclic) bond motifs is 1. The Hall–Kier alpha value is -0.890. The van der Waals surface area contributed by atoms with Gasteiger partial charge in [0.25, 0.3) is 0 Å². The molecule has 1 aliphatic heterocycles. The summed E-state index contributed by atoms with van der Waals surface area (Å²) in [4.78, 5) is 4.26. The fraction of sp³-hybridized carbons (Fsp3) is 0.444. The Morgan fingerprint density at radius 1 is 1.45 bits per heavy atom.